The molecule has 0 unspecified atom stereocenters. The number of carbonyl (C=O) groups excluding carboxylic acids is 1. The zero-order valence-electron chi connectivity index (χ0n) is 14.4. The minimum atomic E-state index is -3.15. The molecule has 0 atom stereocenters. The summed E-state index contributed by atoms with van der Waals surface area (Å²) in [6.07, 6.45) is 7.25. The summed E-state index contributed by atoms with van der Waals surface area (Å²) in [6, 6.07) is 1.88. The third kappa shape index (κ3) is 5.59. The van der Waals surface area contributed by atoms with Crippen molar-refractivity contribution < 1.29 is 13.2 Å². The third-order valence-corrected chi connectivity index (χ3v) is 6.35. The highest BCUT2D eigenvalue weighted by molar-refractivity contribution is 7.89. The number of aromatic nitrogens is 2. The van der Waals surface area contributed by atoms with E-state index in [-0.39, 0.29) is 17.6 Å². The number of unbranched alkanes of at least 4 members (excludes halogenated alkanes) is 1. The summed E-state index contributed by atoms with van der Waals surface area (Å²) in [5.74, 6) is 0.182. The second-order valence-corrected chi connectivity index (χ2v) is 8.35. The van der Waals surface area contributed by atoms with E-state index in [1.165, 1.54) is 0 Å². The first-order chi connectivity index (χ1) is 11.5. The van der Waals surface area contributed by atoms with E-state index in [0.717, 1.165) is 19.4 Å². The molecular formula is C16H28N4O3S. The van der Waals surface area contributed by atoms with Crippen molar-refractivity contribution in [2.75, 3.05) is 25.4 Å². The molecule has 1 amide bonds. The number of piperidine rings is 1. The van der Waals surface area contributed by atoms with Gasteiger partial charge >= 0.3 is 0 Å². The van der Waals surface area contributed by atoms with Crippen LogP contribution in [-0.4, -0.2) is 53.8 Å². The summed E-state index contributed by atoms with van der Waals surface area (Å²) in [6.45, 7) is 4.29. The van der Waals surface area contributed by atoms with Gasteiger partial charge in [0.15, 0.2) is 0 Å². The maximum absolute atomic E-state index is 12.2. The molecule has 1 aliphatic heterocycles. The number of nitrogens with one attached hydrogen (secondary N) is 1. The minimum Gasteiger partial charge on any atom is -0.356 e. The minimum absolute atomic E-state index is 0.0427. The van der Waals surface area contributed by atoms with Gasteiger partial charge in [-0.1, -0.05) is 13.3 Å². The smallest absolute Gasteiger partial charge is 0.223 e. The predicted molar refractivity (Wildman–Crippen MR) is 92.8 cm³/mol. The highest BCUT2D eigenvalue weighted by atomic mass is 32.2. The van der Waals surface area contributed by atoms with Crippen molar-refractivity contribution in [1.29, 1.82) is 0 Å². The number of hydrogen-bond acceptors (Lipinski definition) is 4. The standard InChI is InChI=1S/C16H28N4O3S/c1-2-3-14-24(22,23)20-12-6-15(7-13-20)16(21)17-8-4-10-19-11-5-9-18-19/h5,9,11,15H,2-4,6-8,10,12-14H2,1H3,(H,17,21). The number of hydrogen-bond donors (Lipinski definition) is 1. The number of nitrogens with zero attached hydrogens (tertiary/aromatic N) is 3. The lowest BCUT2D eigenvalue weighted by molar-refractivity contribution is -0.126. The molecule has 1 aliphatic rings. The Morgan fingerprint density at radius 2 is 2.04 bits per heavy atom. The highest BCUT2D eigenvalue weighted by Gasteiger charge is 2.30. The van der Waals surface area contributed by atoms with Crippen molar-refractivity contribution in [3.63, 3.8) is 0 Å². The molecule has 0 aliphatic carbocycles. The van der Waals surface area contributed by atoms with Gasteiger partial charge < -0.3 is 5.32 Å². The summed E-state index contributed by atoms with van der Waals surface area (Å²) < 4.78 is 27.7. The number of amides is 1. The molecule has 1 aromatic rings. The normalized spacial score (nSPS) is 17.0. The van der Waals surface area contributed by atoms with Crippen molar-refractivity contribution in [3.8, 4) is 0 Å². The molecule has 1 N–H and O–H groups in total. The van der Waals surface area contributed by atoms with Crippen LogP contribution in [0.4, 0.5) is 0 Å². The van der Waals surface area contributed by atoms with Crippen LogP contribution in [0.15, 0.2) is 18.5 Å². The Balaban J connectivity index is 1.66. The van der Waals surface area contributed by atoms with Crippen LogP contribution >= 0.6 is 0 Å². The Kier molecular flexibility index (Phi) is 7.23. The monoisotopic (exact) mass is 356 g/mol. The van der Waals surface area contributed by atoms with E-state index in [4.69, 9.17) is 0 Å². The van der Waals surface area contributed by atoms with Gasteiger partial charge in [0.2, 0.25) is 15.9 Å². The average molecular weight is 356 g/mol. The molecule has 8 heteroatoms. The highest BCUT2D eigenvalue weighted by Crippen LogP contribution is 2.20. The van der Waals surface area contributed by atoms with Gasteiger partial charge in [-0.05, 0) is 31.7 Å². The zero-order valence-corrected chi connectivity index (χ0v) is 15.2. The Morgan fingerprint density at radius 1 is 1.29 bits per heavy atom. The molecule has 0 radical (unpaired) electrons. The second kappa shape index (κ2) is 9.17. The van der Waals surface area contributed by atoms with Gasteiger partial charge in [0.1, 0.15) is 0 Å². The molecule has 1 aromatic heterocycles. The van der Waals surface area contributed by atoms with Gasteiger partial charge in [-0.3, -0.25) is 9.48 Å². The second-order valence-electron chi connectivity index (χ2n) is 6.26. The molecule has 1 saturated heterocycles. The number of sulfonamides is 1. The Hall–Kier alpha value is -1.41. The van der Waals surface area contributed by atoms with E-state index < -0.39 is 10.0 Å². The van der Waals surface area contributed by atoms with Gasteiger partial charge in [0.25, 0.3) is 0 Å². The Bertz CT molecular complexity index is 593. The van der Waals surface area contributed by atoms with Crippen molar-refractivity contribution in [2.24, 2.45) is 5.92 Å². The van der Waals surface area contributed by atoms with Crippen LogP contribution in [0.1, 0.15) is 39.0 Å². The first-order valence-corrected chi connectivity index (χ1v) is 10.4. The average Bonchev–Trinajstić information content (AvgIpc) is 3.10. The molecule has 0 bridgehead atoms. The summed E-state index contributed by atoms with van der Waals surface area (Å²) in [5.41, 5.74) is 0. The van der Waals surface area contributed by atoms with Crippen LogP contribution in [-0.2, 0) is 21.4 Å². The van der Waals surface area contributed by atoms with Gasteiger partial charge in [-0.15, -0.1) is 0 Å². The van der Waals surface area contributed by atoms with Crippen LogP contribution in [0.25, 0.3) is 0 Å². The fourth-order valence-corrected chi connectivity index (χ4v) is 4.56. The van der Waals surface area contributed by atoms with Gasteiger partial charge in [0, 0.05) is 44.5 Å². The molecule has 1 fully saturated rings. The number of carbonyl (C=O) groups is 1. The lowest BCUT2D eigenvalue weighted by atomic mass is 9.97. The van der Waals surface area contributed by atoms with Crippen LogP contribution in [0, 0.1) is 5.92 Å². The van der Waals surface area contributed by atoms with Crippen molar-refractivity contribution >= 4 is 15.9 Å². The summed E-state index contributed by atoms with van der Waals surface area (Å²) >= 11 is 0. The van der Waals surface area contributed by atoms with E-state index >= 15 is 0 Å². The molecule has 2 rings (SSSR count). The molecule has 0 aromatic carbocycles. The lowest BCUT2D eigenvalue weighted by Gasteiger charge is -2.30. The number of rotatable bonds is 9. The lowest BCUT2D eigenvalue weighted by Crippen LogP contribution is -2.43. The summed E-state index contributed by atoms with van der Waals surface area (Å²) in [7, 11) is -3.15. The Labute approximate surface area is 144 Å². The summed E-state index contributed by atoms with van der Waals surface area (Å²) in [4.78, 5) is 12.2. The maximum Gasteiger partial charge on any atom is 0.223 e. The van der Waals surface area contributed by atoms with Crippen molar-refractivity contribution in [1.82, 2.24) is 19.4 Å². The predicted octanol–water partition coefficient (Wildman–Crippen LogP) is 1.23. The van der Waals surface area contributed by atoms with Gasteiger partial charge in [-0.2, -0.15) is 5.10 Å². The first kappa shape index (κ1) is 18.9. The molecule has 7 nitrogen and oxygen atoms in total. The maximum atomic E-state index is 12.2. The van der Waals surface area contributed by atoms with Gasteiger partial charge in [-0.25, -0.2) is 12.7 Å². The molecule has 0 saturated carbocycles. The molecular weight excluding hydrogens is 328 g/mol. The molecule has 2 heterocycles. The van der Waals surface area contributed by atoms with E-state index in [2.05, 4.69) is 10.4 Å². The molecule has 0 spiro atoms. The van der Waals surface area contributed by atoms with Crippen LogP contribution in [0.5, 0.6) is 0 Å². The first-order valence-electron chi connectivity index (χ1n) is 8.76. The van der Waals surface area contributed by atoms with Crippen molar-refractivity contribution in [2.45, 2.75) is 45.6 Å². The largest absolute Gasteiger partial charge is 0.356 e. The Morgan fingerprint density at radius 3 is 2.67 bits per heavy atom. The quantitative estimate of drug-likeness (QED) is 0.675. The van der Waals surface area contributed by atoms with Crippen LogP contribution in [0.3, 0.4) is 0 Å². The summed E-state index contributed by atoms with van der Waals surface area (Å²) in [5, 5.41) is 7.07. The zero-order chi connectivity index (χ0) is 17.4. The number of aryl methyl sites for hydroxylation is 1. The van der Waals surface area contributed by atoms with E-state index in [1.807, 2.05) is 23.9 Å². The SMILES string of the molecule is CCCCS(=O)(=O)N1CCC(C(=O)NCCCn2cccn2)CC1. The van der Waals surface area contributed by atoms with E-state index in [1.54, 1.807) is 10.5 Å². The molecule has 24 heavy (non-hydrogen) atoms. The topological polar surface area (TPSA) is 84.3 Å². The van der Waals surface area contributed by atoms with E-state index in [9.17, 15) is 13.2 Å². The molecule has 136 valence electrons. The van der Waals surface area contributed by atoms with Crippen LogP contribution in [0.2, 0.25) is 0 Å². The van der Waals surface area contributed by atoms with Crippen LogP contribution < -0.4 is 5.32 Å². The van der Waals surface area contributed by atoms with E-state index in [0.29, 0.717) is 38.9 Å². The fraction of sp³-hybridized carbons (Fsp3) is 0.750. The third-order valence-electron chi connectivity index (χ3n) is 4.40. The van der Waals surface area contributed by atoms with Crippen molar-refractivity contribution in [3.05, 3.63) is 18.5 Å². The fourth-order valence-electron chi connectivity index (χ4n) is 2.88. The van der Waals surface area contributed by atoms with Gasteiger partial charge in [0.05, 0.1) is 5.75 Å².